The Labute approximate surface area is 110 Å². The molecule has 0 spiro atoms. The molecule has 100 valence electrons. The number of aryl methyl sites for hydroxylation is 2. The van der Waals surface area contributed by atoms with Gasteiger partial charge in [0.15, 0.2) is 0 Å². The molecule has 2 nitrogen and oxygen atoms in total. The quantitative estimate of drug-likeness (QED) is 0.781. The summed E-state index contributed by atoms with van der Waals surface area (Å²) in [6, 6.07) is 6.50. The van der Waals surface area contributed by atoms with Crippen LogP contribution in [-0.4, -0.2) is 17.8 Å². The molecule has 1 unspecified atom stereocenters. The summed E-state index contributed by atoms with van der Waals surface area (Å²) in [5, 5.41) is 9.46. The van der Waals surface area contributed by atoms with Gasteiger partial charge in [0.25, 0.3) is 0 Å². The zero-order valence-electron chi connectivity index (χ0n) is 11.3. The summed E-state index contributed by atoms with van der Waals surface area (Å²) >= 11 is 0. The average Bonchev–Trinajstić information content (AvgIpc) is 2.43. The SMILES string of the molecule is CCC(O)CCCOc1ccc2c(c1)CCCC2. The molecule has 0 fully saturated rings. The van der Waals surface area contributed by atoms with Gasteiger partial charge in [0.2, 0.25) is 0 Å². The largest absolute Gasteiger partial charge is 0.494 e. The van der Waals surface area contributed by atoms with Crippen LogP contribution >= 0.6 is 0 Å². The molecular formula is C16H24O2. The minimum atomic E-state index is -0.169. The number of fused-ring (bicyclic) bond motifs is 1. The second-order valence-corrected chi connectivity index (χ2v) is 5.19. The molecular weight excluding hydrogens is 224 g/mol. The number of aliphatic hydroxyl groups excluding tert-OH is 1. The zero-order valence-corrected chi connectivity index (χ0v) is 11.3. The van der Waals surface area contributed by atoms with Gasteiger partial charge in [-0.2, -0.15) is 0 Å². The molecule has 1 atom stereocenters. The number of hydrogen-bond donors (Lipinski definition) is 1. The lowest BCUT2D eigenvalue weighted by Crippen LogP contribution is -2.08. The second-order valence-electron chi connectivity index (χ2n) is 5.19. The summed E-state index contributed by atoms with van der Waals surface area (Å²) in [6.45, 7) is 2.71. The molecule has 0 bridgehead atoms. The van der Waals surface area contributed by atoms with E-state index in [1.807, 2.05) is 6.92 Å². The highest BCUT2D eigenvalue weighted by Crippen LogP contribution is 2.25. The van der Waals surface area contributed by atoms with Gasteiger partial charge in [-0.1, -0.05) is 13.0 Å². The summed E-state index contributed by atoms with van der Waals surface area (Å²) in [7, 11) is 0. The standard InChI is InChI=1S/C16H24O2/c1-2-15(17)8-5-11-18-16-10-9-13-6-3-4-7-14(13)12-16/h9-10,12,15,17H,2-8,11H2,1H3. The highest BCUT2D eigenvalue weighted by Gasteiger charge is 2.09. The Morgan fingerprint density at radius 2 is 2.00 bits per heavy atom. The van der Waals surface area contributed by atoms with Crippen molar-refractivity contribution in [2.75, 3.05) is 6.61 Å². The number of ether oxygens (including phenoxy) is 1. The molecule has 0 heterocycles. The molecule has 1 aromatic rings. The van der Waals surface area contributed by atoms with Crippen LogP contribution in [0.1, 0.15) is 50.2 Å². The molecule has 0 saturated carbocycles. The molecule has 0 aliphatic heterocycles. The highest BCUT2D eigenvalue weighted by molar-refractivity contribution is 5.37. The van der Waals surface area contributed by atoms with E-state index >= 15 is 0 Å². The first kappa shape index (κ1) is 13.4. The van der Waals surface area contributed by atoms with Crippen molar-refractivity contribution in [3.8, 4) is 5.75 Å². The molecule has 2 rings (SSSR count). The van der Waals surface area contributed by atoms with E-state index in [4.69, 9.17) is 4.74 Å². The lowest BCUT2D eigenvalue weighted by molar-refractivity contribution is 0.148. The summed E-state index contributed by atoms with van der Waals surface area (Å²) in [5.74, 6) is 0.988. The van der Waals surface area contributed by atoms with Crippen molar-refractivity contribution in [1.29, 1.82) is 0 Å². The Kier molecular flexibility index (Phi) is 5.06. The van der Waals surface area contributed by atoms with Gasteiger partial charge in [0.1, 0.15) is 5.75 Å². The van der Waals surface area contributed by atoms with Gasteiger partial charge in [-0.3, -0.25) is 0 Å². The summed E-state index contributed by atoms with van der Waals surface area (Å²) in [5.41, 5.74) is 2.96. The Hall–Kier alpha value is -1.02. The van der Waals surface area contributed by atoms with Crippen molar-refractivity contribution < 1.29 is 9.84 Å². The van der Waals surface area contributed by atoms with Crippen LogP contribution in [0.5, 0.6) is 5.75 Å². The maximum absolute atomic E-state index is 9.46. The fraction of sp³-hybridized carbons (Fsp3) is 0.625. The van der Waals surface area contributed by atoms with Gasteiger partial charge in [0, 0.05) is 0 Å². The van der Waals surface area contributed by atoms with E-state index in [0.717, 1.165) is 25.0 Å². The van der Waals surface area contributed by atoms with Crippen molar-refractivity contribution in [2.24, 2.45) is 0 Å². The molecule has 1 N–H and O–H groups in total. The second kappa shape index (κ2) is 6.79. The van der Waals surface area contributed by atoms with Gasteiger partial charge < -0.3 is 9.84 Å². The van der Waals surface area contributed by atoms with Crippen LogP contribution in [0, 0.1) is 0 Å². The Morgan fingerprint density at radius 3 is 2.78 bits per heavy atom. The first-order valence-electron chi connectivity index (χ1n) is 7.22. The first-order valence-corrected chi connectivity index (χ1v) is 7.22. The predicted octanol–water partition coefficient (Wildman–Crippen LogP) is 3.50. The molecule has 1 aliphatic carbocycles. The Morgan fingerprint density at radius 1 is 1.22 bits per heavy atom. The van der Waals surface area contributed by atoms with E-state index in [1.54, 1.807) is 0 Å². The van der Waals surface area contributed by atoms with Gasteiger partial charge in [-0.25, -0.2) is 0 Å². The number of benzene rings is 1. The topological polar surface area (TPSA) is 29.5 Å². The van der Waals surface area contributed by atoms with E-state index in [-0.39, 0.29) is 6.10 Å². The van der Waals surface area contributed by atoms with Crippen LogP contribution in [0.25, 0.3) is 0 Å². The fourth-order valence-electron chi connectivity index (χ4n) is 2.51. The molecule has 2 heteroatoms. The lowest BCUT2D eigenvalue weighted by atomic mass is 9.92. The van der Waals surface area contributed by atoms with E-state index in [0.29, 0.717) is 6.61 Å². The number of rotatable bonds is 6. The maximum atomic E-state index is 9.46. The van der Waals surface area contributed by atoms with Crippen LogP contribution in [-0.2, 0) is 12.8 Å². The third kappa shape index (κ3) is 3.74. The smallest absolute Gasteiger partial charge is 0.119 e. The van der Waals surface area contributed by atoms with Gasteiger partial charge >= 0.3 is 0 Å². The van der Waals surface area contributed by atoms with Crippen LogP contribution in [0.15, 0.2) is 18.2 Å². The van der Waals surface area contributed by atoms with E-state index in [1.165, 1.54) is 36.8 Å². The van der Waals surface area contributed by atoms with Gasteiger partial charge in [-0.05, 0) is 68.2 Å². The van der Waals surface area contributed by atoms with E-state index in [2.05, 4.69) is 18.2 Å². The molecule has 0 radical (unpaired) electrons. The maximum Gasteiger partial charge on any atom is 0.119 e. The van der Waals surface area contributed by atoms with Gasteiger partial charge in [-0.15, -0.1) is 0 Å². The number of aliphatic hydroxyl groups is 1. The van der Waals surface area contributed by atoms with Crippen LogP contribution in [0.3, 0.4) is 0 Å². The molecule has 0 saturated heterocycles. The summed E-state index contributed by atoms with van der Waals surface area (Å²) in [6.07, 6.45) is 7.46. The summed E-state index contributed by atoms with van der Waals surface area (Å²) in [4.78, 5) is 0. The fourth-order valence-corrected chi connectivity index (χ4v) is 2.51. The van der Waals surface area contributed by atoms with Crippen molar-refractivity contribution >= 4 is 0 Å². The lowest BCUT2D eigenvalue weighted by Gasteiger charge is -2.17. The zero-order chi connectivity index (χ0) is 12.8. The summed E-state index contributed by atoms with van der Waals surface area (Å²) < 4.78 is 5.76. The number of hydrogen-bond acceptors (Lipinski definition) is 2. The first-order chi connectivity index (χ1) is 8.79. The van der Waals surface area contributed by atoms with Crippen LogP contribution in [0.4, 0.5) is 0 Å². The normalized spacial score (nSPS) is 16.1. The average molecular weight is 248 g/mol. The van der Waals surface area contributed by atoms with Crippen molar-refractivity contribution in [3.05, 3.63) is 29.3 Å². The molecule has 0 amide bonds. The van der Waals surface area contributed by atoms with E-state index in [9.17, 15) is 5.11 Å². The van der Waals surface area contributed by atoms with Crippen molar-refractivity contribution in [3.63, 3.8) is 0 Å². The third-order valence-corrected chi connectivity index (χ3v) is 3.74. The minimum Gasteiger partial charge on any atom is -0.494 e. The van der Waals surface area contributed by atoms with E-state index < -0.39 is 0 Å². The molecule has 18 heavy (non-hydrogen) atoms. The molecule has 1 aliphatic rings. The van der Waals surface area contributed by atoms with Crippen LogP contribution < -0.4 is 4.74 Å². The highest BCUT2D eigenvalue weighted by atomic mass is 16.5. The van der Waals surface area contributed by atoms with Crippen molar-refractivity contribution in [1.82, 2.24) is 0 Å². The molecule has 1 aromatic carbocycles. The predicted molar refractivity (Wildman–Crippen MR) is 74.1 cm³/mol. The Bertz CT molecular complexity index is 373. The van der Waals surface area contributed by atoms with Crippen molar-refractivity contribution in [2.45, 2.75) is 58.0 Å². The third-order valence-electron chi connectivity index (χ3n) is 3.74. The molecule has 0 aromatic heterocycles. The monoisotopic (exact) mass is 248 g/mol. The Balaban J connectivity index is 1.79. The van der Waals surface area contributed by atoms with Crippen LogP contribution in [0.2, 0.25) is 0 Å². The van der Waals surface area contributed by atoms with Gasteiger partial charge in [0.05, 0.1) is 12.7 Å². The minimum absolute atomic E-state index is 0.169.